The molecule has 0 radical (unpaired) electrons. The molecule has 0 spiro atoms. The molecule has 1 amide bonds. The van der Waals surface area contributed by atoms with Gasteiger partial charge in [-0.2, -0.15) is 4.31 Å². The van der Waals surface area contributed by atoms with Crippen molar-refractivity contribution in [1.82, 2.24) is 13.8 Å². The number of carbonyl (C=O) groups is 1. The topological polar surface area (TPSA) is 62.6 Å². The highest BCUT2D eigenvalue weighted by Crippen LogP contribution is 2.25. The molecule has 1 fully saturated rings. The van der Waals surface area contributed by atoms with Crippen molar-refractivity contribution in [2.45, 2.75) is 18.7 Å². The van der Waals surface area contributed by atoms with Gasteiger partial charge in [-0.3, -0.25) is 4.79 Å². The lowest BCUT2D eigenvalue weighted by Gasteiger charge is -2.34. The molecule has 1 aliphatic rings. The van der Waals surface area contributed by atoms with Crippen molar-refractivity contribution in [3.8, 4) is 5.69 Å². The molecule has 3 aromatic rings. The van der Waals surface area contributed by atoms with Gasteiger partial charge in [-0.15, -0.1) is 0 Å². The molecular weight excluding hydrogens is 436 g/mol. The number of nitrogens with zero attached hydrogens (tertiary/aromatic N) is 3. The predicted octanol–water partition coefficient (Wildman–Crippen LogP) is 3.52. The van der Waals surface area contributed by atoms with Crippen LogP contribution in [0.25, 0.3) is 5.69 Å². The van der Waals surface area contributed by atoms with Gasteiger partial charge >= 0.3 is 0 Å². The van der Waals surface area contributed by atoms with Gasteiger partial charge in [0.2, 0.25) is 10.0 Å². The second-order valence-corrected chi connectivity index (χ2v) is 9.66. The molecule has 1 aromatic heterocycles. The highest BCUT2D eigenvalue weighted by molar-refractivity contribution is 7.89. The Morgan fingerprint density at radius 3 is 2.25 bits per heavy atom. The summed E-state index contributed by atoms with van der Waals surface area (Å²) in [6.45, 7) is 4.19. The lowest BCUT2D eigenvalue weighted by molar-refractivity contribution is 0.0697. The lowest BCUT2D eigenvalue weighted by Crippen LogP contribution is -2.50. The fourth-order valence-corrected chi connectivity index (χ4v) is 5.52. The Hall–Kier alpha value is -3.04. The van der Waals surface area contributed by atoms with Crippen molar-refractivity contribution in [3.05, 3.63) is 83.2 Å². The monoisotopic (exact) mass is 459 g/mol. The molecule has 6 nitrogen and oxygen atoms in total. The van der Waals surface area contributed by atoms with E-state index in [0.29, 0.717) is 16.9 Å². The minimum Gasteiger partial charge on any atom is -0.336 e. The van der Waals surface area contributed by atoms with Crippen LogP contribution in [-0.4, -0.2) is 54.3 Å². The standard InChI is InChI=1S/C23H23F2N3O3S/c1-16-14-20(17(2)28(16)22-9-4-3-8-21(22)25)23(29)26-10-12-27(13-11-26)32(30,31)19-7-5-6-18(24)15-19/h3-9,14-15H,10-13H2,1-2H3. The fraction of sp³-hybridized carbons (Fsp3) is 0.261. The number of halogens is 2. The van der Waals surface area contributed by atoms with Crippen molar-refractivity contribution in [2.24, 2.45) is 0 Å². The number of amides is 1. The smallest absolute Gasteiger partial charge is 0.255 e. The summed E-state index contributed by atoms with van der Waals surface area (Å²) in [5.74, 6) is -1.24. The largest absolute Gasteiger partial charge is 0.336 e. The maximum absolute atomic E-state index is 14.3. The summed E-state index contributed by atoms with van der Waals surface area (Å²) < 4.78 is 56.3. The van der Waals surface area contributed by atoms with Gasteiger partial charge in [-0.1, -0.05) is 18.2 Å². The first kappa shape index (κ1) is 22.2. The van der Waals surface area contributed by atoms with E-state index in [-0.39, 0.29) is 42.8 Å². The second-order valence-electron chi connectivity index (χ2n) is 7.73. The molecule has 1 aliphatic heterocycles. The van der Waals surface area contributed by atoms with Crippen LogP contribution in [0.3, 0.4) is 0 Å². The summed E-state index contributed by atoms with van der Waals surface area (Å²) in [5.41, 5.74) is 2.16. The molecule has 2 aromatic carbocycles. The van der Waals surface area contributed by atoms with Crippen molar-refractivity contribution >= 4 is 15.9 Å². The molecule has 0 N–H and O–H groups in total. The van der Waals surface area contributed by atoms with Crippen LogP contribution in [-0.2, 0) is 10.0 Å². The van der Waals surface area contributed by atoms with Gasteiger partial charge in [-0.05, 0) is 50.2 Å². The van der Waals surface area contributed by atoms with E-state index in [1.165, 1.54) is 28.6 Å². The van der Waals surface area contributed by atoms with Crippen LogP contribution < -0.4 is 0 Å². The average molecular weight is 460 g/mol. The summed E-state index contributed by atoms with van der Waals surface area (Å²) in [7, 11) is -3.84. The van der Waals surface area contributed by atoms with Crippen LogP contribution in [0.4, 0.5) is 8.78 Å². The second kappa shape index (κ2) is 8.48. The summed E-state index contributed by atoms with van der Waals surface area (Å²) in [6, 6.07) is 13.0. The summed E-state index contributed by atoms with van der Waals surface area (Å²) in [5, 5.41) is 0. The van der Waals surface area contributed by atoms with Crippen LogP contribution >= 0.6 is 0 Å². The summed E-state index contributed by atoms with van der Waals surface area (Å²) >= 11 is 0. The Balaban J connectivity index is 1.52. The van der Waals surface area contributed by atoms with E-state index in [2.05, 4.69) is 0 Å². The molecule has 1 saturated heterocycles. The van der Waals surface area contributed by atoms with Gasteiger partial charge in [-0.25, -0.2) is 17.2 Å². The van der Waals surface area contributed by atoms with Crippen LogP contribution in [0.1, 0.15) is 21.7 Å². The SMILES string of the molecule is Cc1cc(C(=O)N2CCN(S(=O)(=O)c3cccc(F)c3)CC2)c(C)n1-c1ccccc1F. The van der Waals surface area contributed by atoms with E-state index in [9.17, 15) is 22.0 Å². The van der Waals surface area contributed by atoms with Crippen LogP contribution in [0.15, 0.2) is 59.5 Å². The molecule has 2 heterocycles. The maximum Gasteiger partial charge on any atom is 0.255 e. The van der Waals surface area contributed by atoms with Crippen LogP contribution in [0, 0.1) is 25.5 Å². The van der Waals surface area contributed by atoms with E-state index in [4.69, 9.17) is 0 Å². The van der Waals surface area contributed by atoms with Gasteiger partial charge in [0.05, 0.1) is 16.1 Å². The van der Waals surface area contributed by atoms with Gasteiger partial charge in [0.25, 0.3) is 5.91 Å². The Labute approximate surface area is 185 Å². The molecule has 0 saturated carbocycles. The first-order valence-corrected chi connectivity index (χ1v) is 11.6. The maximum atomic E-state index is 14.3. The van der Waals surface area contributed by atoms with E-state index in [1.54, 1.807) is 47.6 Å². The van der Waals surface area contributed by atoms with Crippen molar-refractivity contribution in [2.75, 3.05) is 26.2 Å². The number of aromatic nitrogens is 1. The molecule has 0 unspecified atom stereocenters. The quantitative estimate of drug-likeness (QED) is 0.600. The zero-order chi connectivity index (χ0) is 23.0. The predicted molar refractivity (Wildman–Crippen MR) is 116 cm³/mol. The van der Waals surface area contributed by atoms with Crippen molar-refractivity contribution in [3.63, 3.8) is 0 Å². The zero-order valence-electron chi connectivity index (χ0n) is 17.8. The van der Waals surface area contributed by atoms with Crippen molar-refractivity contribution < 1.29 is 22.0 Å². The minimum atomic E-state index is -3.84. The molecule has 168 valence electrons. The molecular formula is C23H23F2N3O3S. The number of carbonyl (C=O) groups excluding carboxylic acids is 1. The van der Waals surface area contributed by atoms with Gasteiger partial charge in [0.1, 0.15) is 11.6 Å². The molecule has 0 atom stereocenters. The molecule has 4 rings (SSSR count). The van der Waals surface area contributed by atoms with Crippen LogP contribution in [0.2, 0.25) is 0 Å². The van der Waals surface area contributed by atoms with Crippen molar-refractivity contribution in [1.29, 1.82) is 0 Å². The number of rotatable bonds is 4. The first-order chi connectivity index (χ1) is 15.2. The van der Waals surface area contributed by atoms with Gasteiger partial charge in [0, 0.05) is 37.6 Å². The lowest BCUT2D eigenvalue weighted by atomic mass is 10.2. The van der Waals surface area contributed by atoms with E-state index >= 15 is 0 Å². The number of sulfonamides is 1. The number of piperazine rings is 1. The Kier molecular flexibility index (Phi) is 5.87. The average Bonchev–Trinajstić information content (AvgIpc) is 3.07. The number of benzene rings is 2. The fourth-order valence-electron chi connectivity index (χ4n) is 4.06. The Morgan fingerprint density at radius 2 is 1.59 bits per heavy atom. The third kappa shape index (κ3) is 3.93. The Bertz CT molecular complexity index is 1280. The normalized spacial score (nSPS) is 15.2. The van der Waals surface area contributed by atoms with Gasteiger partial charge in [0.15, 0.2) is 0 Å². The van der Waals surface area contributed by atoms with Gasteiger partial charge < -0.3 is 9.47 Å². The van der Waals surface area contributed by atoms with E-state index in [0.717, 1.165) is 11.8 Å². The first-order valence-electron chi connectivity index (χ1n) is 10.2. The molecule has 0 bridgehead atoms. The summed E-state index contributed by atoms with van der Waals surface area (Å²) in [6.07, 6.45) is 0. The minimum absolute atomic E-state index is 0.106. The Morgan fingerprint density at radius 1 is 0.906 bits per heavy atom. The number of hydrogen-bond donors (Lipinski definition) is 0. The third-order valence-electron chi connectivity index (χ3n) is 5.71. The number of aryl methyl sites for hydroxylation is 1. The summed E-state index contributed by atoms with van der Waals surface area (Å²) in [4.78, 5) is 14.7. The highest BCUT2D eigenvalue weighted by Gasteiger charge is 2.31. The van der Waals surface area contributed by atoms with E-state index in [1.807, 2.05) is 0 Å². The zero-order valence-corrected chi connectivity index (χ0v) is 18.6. The van der Waals surface area contributed by atoms with Crippen LogP contribution in [0.5, 0.6) is 0 Å². The molecule has 32 heavy (non-hydrogen) atoms. The highest BCUT2D eigenvalue weighted by atomic mass is 32.2. The molecule has 9 heteroatoms. The number of hydrogen-bond acceptors (Lipinski definition) is 3. The third-order valence-corrected chi connectivity index (χ3v) is 7.61. The molecule has 0 aliphatic carbocycles. The van der Waals surface area contributed by atoms with E-state index < -0.39 is 15.8 Å². The number of para-hydroxylation sites is 1.